The highest BCUT2D eigenvalue weighted by molar-refractivity contribution is 6.45. The molecule has 2 aliphatic heterocycles. The molecule has 9 heteroatoms. The topological polar surface area (TPSA) is 85.9 Å². The van der Waals surface area contributed by atoms with E-state index in [2.05, 4.69) is 22.9 Å². The second-order valence-electron chi connectivity index (χ2n) is 10.6. The monoisotopic (exact) mass is 550 g/mol. The van der Waals surface area contributed by atoms with Crippen molar-refractivity contribution < 1.29 is 19.1 Å². The lowest BCUT2D eigenvalue weighted by Crippen LogP contribution is -2.57. The zero-order chi connectivity index (χ0) is 27.7. The second kappa shape index (κ2) is 11.4. The van der Waals surface area contributed by atoms with Gasteiger partial charge in [-0.3, -0.25) is 19.3 Å². The van der Waals surface area contributed by atoms with Crippen molar-refractivity contribution in [2.45, 2.75) is 52.2 Å². The molecule has 0 spiro atoms. The van der Waals surface area contributed by atoms with E-state index in [9.17, 15) is 14.4 Å². The van der Waals surface area contributed by atoms with Gasteiger partial charge in [0.25, 0.3) is 17.6 Å². The van der Waals surface area contributed by atoms with Crippen molar-refractivity contribution in [1.82, 2.24) is 19.7 Å². The van der Waals surface area contributed by atoms with Crippen molar-refractivity contribution >= 4 is 40.1 Å². The van der Waals surface area contributed by atoms with Gasteiger partial charge in [-0.25, -0.2) is 0 Å². The van der Waals surface area contributed by atoms with E-state index >= 15 is 0 Å². The third-order valence-electron chi connectivity index (χ3n) is 7.79. The van der Waals surface area contributed by atoms with Crippen molar-refractivity contribution in [1.29, 1.82) is 0 Å². The number of Topliss-reactive ketones (excluding diaryl/α,β-unsaturated/α-hetero) is 1. The Kier molecular flexibility index (Phi) is 7.96. The molecule has 0 saturated carbocycles. The molecule has 0 unspecified atom stereocenters. The maximum atomic E-state index is 14.0. The van der Waals surface area contributed by atoms with Gasteiger partial charge in [-0.2, -0.15) is 0 Å². The number of ether oxygens (including phenoxy) is 1. The molecule has 1 N–H and O–H groups in total. The molecule has 5 rings (SSSR count). The first kappa shape index (κ1) is 27.2. The normalized spacial score (nSPS) is 20.0. The van der Waals surface area contributed by atoms with Crippen LogP contribution in [0.2, 0.25) is 5.02 Å². The van der Waals surface area contributed by atoms with Crippen molar-refractivity contribution in [3.63, 3.8) is 0 Å². The average molecular weight is 551 g/mol. The van der Waals surface area contributed by atoms with Gasteiger partial charge in [0.2, 0.25) is 0 Å². The predicted octanol–water partition coefficient (Wildman–Crippen LogP) is 4.76. The van der Waals surface area contributed by atoms with Gasteiger partial charge in [0.15, 0.2) is 0 Å². The fourth-order valence-corrected chi connectivity index (χ4v) is 5.90. The molecule has 39 heavy (non-hydrogen) atoms. The van der Waals surface area contributed by atoms with Crippen LogP contribution in [0.4, 0.5) is 0 Å². The van der Waals surface area contributed by atoms with E-state index in [1.54, 1.807) is 23.2 Å². The number of fused-ring (bicyclic) bond motifs is 1. The van der Waals surface area contributed by atoms with Crippen LogP contribution >= 0.6 is 11.6 Å². The number of ketones is 1. The summed E-state index contributed by atoms with van der Waals surface area (Å²) in [4.78, 5) is 48.9. The molecular weight excluding hydrogens is 516 g/mol. The Hall–Kier alpha value is -3.36. The third-order valence-corrected chi connectivity index (χ3v) is 8.03. The number of nitrogens with zero attached hydrogens (tertiary/aromatic N) is 3. The summed E-state index contributed by atoms with van der Waals surface area (Å²) in [5.41, 5.74) is 2.47. The molecule has 0 radical (unpaired) electrons. The lowest BCUT2D eigenvalue weighted by molar-refractivity contribution is -0.125. The number of rotatable bonds is 7. The number of H-pyrrole nitrogens is 1. The van der Waals surface area contributed by atoms with Crippen molar-refractivity contribution in [3.8, 4) is 5.75 Å². The summed E-state index contributed by atoms with van der Waals surface area (Å²) in [5.74, 6) is -0.730. The van der Waals surface area contributed by atoms with Crippen LogP contribution in [0, 0.1) is 0 Å². The number of piperazine rings is 1. The Morgan fingerprint density at radius 1 is 1.03 bits per heavy atom. The van der Waals surface area contributed by atoms with Crippen molar-refractivity contribution in [2.75, 3.05) is 32.8 Å². The van der Waals surface area contributed by atoms with Crippen LogP contribution in [0.3, 0.4) is 0 Å². The molecule has 2 aromatic carbocycles. The number of halogens is 1. The molecule has 2 atom stereocenters. The molecule has 2 fully saturated rings. The van der Waals surface area contributed by atoms with Gasteiger partial charge < -0.3 is 19.5 Å². The Labute approximate surface area is 233 Å². The van der Waals surface area contributed by atoms with Gasteiger partial charge in [0.05, 0.1) is 17.7 Å². The molecular formula is C30H35ClN4O4. The quantitative estimate of drug-likeness (QED) is 0.338. The number of hydrogen-bond donors (Lipinski definition) is 1. The summed E-state index contributed by atoms with van der Waals surface area (Å²) in [5, 5.41) is 1.27. The second-order valence-corrected chi connectivity index (χ2v) is 11.0. The molecule has 3 aromatic rings. The average Bonchev–Trinajstić information content (AvgIpc) is 3.59. The number of likely N-dealkylation sites (tertiary alicyclic amines) is 1. The van der Waals surface area contributed by atoms with Crippen LogP contribution in [0.25, 0.3) is 10.9 Å². The molecule has 2 saturated heterocycles. The Morgan fingerprint density at radius 2 is 1.79 bits per heavy atom. The molecule has 1 aromatic heterocycles. The van der Waals surface area contributed by atoms with Crippen LogP contribution < -0.4 is 4.74 Å². The van der Waals surface area contributed by atoms with Gasteiger partial charge >= 0.3 is 0 Å². The molecule has 3 heterocycles. The number of carbonyl (C=O) groups is 3. The van der Waals surface area contributed by atoms with E-state index in [4.69, 9.17) is 16.3 Å². The highest BCUT2D eigenvalue weighted by Gasteiger charge is 2.34. The lowest BCUT2D eigenvalue weighted by Gasteiger charge is -2.44. The Bertz CT molecular complexity index is 1400. The number of benzene rings is 2. The fraction of sp³-hybridized carbons (Fsp3) is 0.433. The number of nitrogens with one attached hydrogen (secondary N) is 1. The Balaban J connectivity index is 1.41. The highest BCUT2D eigenvalue weighted by atomic mass is 35.5. The minimum atomic E-state index is -0.553. The van der Waals surface area contributed by atoms with Crippen LogP contribution in [0.5, 0.6) is 5.75 Å². The molecule has 0 bridgehead atoms. The maximum Gasteiger partial charge on any atom is 0.295 e. The number of aromatic amines is 1. The highest BCUT2D eigenvalue weighted by Crippen LogP contribution is 2.31. The minimum Gasteiger partial charge on any atom is -0.493 e. The van der Waals surface area contributed by atoms with E-state index in [1.807, 2.05) is 36.9 Å². The van der Waals surface area contributed by atoms with E-state index in [1.165, 1.54) is 0 Å². The molecule has 2 amide bonds. The predicted molar refractivity (Wildman–Crippen MR) is 151 cm³/mol. The number of hydrogen-bond acceptors (Lipinski definition) is 5. The van der Waals surface area contributed by atoms with E-state index in [-0.39, 0.29) is 23.6 Å². The van der Waals surface area contributed by atoms with E-state index < -0.39 is 11.7 Å². The first-order valence-electron chi connectivity index (χ1n) is 13.7. The van der Waals surface area contributed by atoms with Gasteiger partial charge in [-0.1, -0.05) is 23.7 Å². The van der Waals surface area contributed by atoms with Gasteiger partial charge in [0.1, 0.15) is 5.75 Å². The summed E-state index contributed by atoms with van der Waals surface area (Å²) >= 11 is 6.19. The molecule has 0 aliphatic carbocycles. The summed E-state index contributed by atoms with van der Waals surface area (Å²) in [6.07, 6.45) is 3.38. The number of aromatic nitrogens is 1. The fourth-order valence-electron chi connectivity index (χ4n) is 5.68. The molecule has 8 nitrogen and oxygen atoms in total. The van der Waals surface area contributed by atoms with Gasteiger partial charge in [0, 0.05) is 73.0 Å². The van der Waals surface area contributed by atoms with Crippen LogP contribution in [0.15, 0.2) is 42.6 Å². The van der Waals surface area contributed by atoms with Gasteiger partial charge in [-0.05, 0) is 57.4 Å². The smallest absolute Gasteiger partial charge is 0.295 e. The molecule has 2 aliphatic rings. The summed E-state index contributed by atoms with van der Waals surface area (Å²) in [7, 11) is 0. The zero-order valence-electron chi connectivity index (χ0n) is 22.7. The standard InChI is InChI=1S/C30H35ClN4O4/c1-4-39-27-14-26-23(25(15-32-26)28(36)30(38)33-10-5-6-11-33)13-24(27)29(37)35-17-19(2)34(16-20(35)3)18-21-8-7-9-22(31)12-21/h7-9,12-15,19-20,32H,4-6,10-11,16-18H2,1-3H3/t19-,20+/m0/s1. The van der Waals surface area contributed by atoms with E-state index in [0.29, 0.717) is 60.0 Å². The largest absolute Gasteiger partial charge is 0.493 e. The lowest BCUT2D eigenvalue weighted by atomic mass is 10.0. The van der Waals surface area contributed by atoms with Crippen molar-refractivity contribution in [3.05, 3.63) is 64.3 Å². The first-order chi connectivity index (χ1) is 18.8. The summed E-state index contributed by atoms with van der Waals surface area (Å²) in [6, 6.07) is 11.4. The van der Waals surface area contributed by atoms with Gasteiger partial charge in [-0.15, -0.1) is 0 Å². The van der Waals surface area contributed by atoms with Crippen LogP contribution in [-0.2, 0) is 11.3 Å². The third kappa shape index (κ3) is 5.54. The minimum absolute atomic E-state index is 0.0397. The van der Waals surface area contributed by atoms with Crippen LogP contribution in [-0.4, -0.2) is 82.2 Å². The summed E-state index contributed by atoms with van der Waals surface area (Å²) < 4.78 is 5.88. The van der Waals surface area contributed by atoms with E-state index in [0.717, 1.165) is 24.9 Å². The number of carbonyl (C=O) groups excluding carboxylic acids is 3. The first-order valence-corrected chi connectivity index (χ1v) is 14.1. The zero-order valence-corrected chi connectivity index (χ0v) is 23.5. The van der Waals surface area contributed by atoms with Crippen molar-refractivity contribution in [2.24, 2.45) is 0 Å². The SMILES string of the molecule is CCOc1cc2[nH]cc(C(=O)C(=O)N3CCCC3)c2cc1C(=O)N1C[C@H](C)N(Cc2cccc(Cl)c2)C[C@H]1C. The van der Waals surface area contributed by atoms with Crippen LogP contribution in [0.1, 0.15) is 59.9 Å². The Morgan fingerprint density at radius 3 is 2.51 bits per heavy atom. The maximum absolute atomic E-state index is 14.0. The summed E-state index contributed by atoms with van der Waals surface area (Å²) in [6.45, 7) is 9.66. The molecule has 206 valence electrons. The number of amides is 2.